The standard InChI is InChI=1S/C11H14N2O2/c1-15-10(6-12)7-2-3-9-8(4-7)5-11(14)13-9/h2-4,10H,5-6,12H2,1H3,(H,13,14). The molecule has 0 saturated heterocycles. The van der Waals surface area contributed by atoms with Crippen LogP contribution in [0.3, 0.4) is 0 Å². The molecule has 1 aliphatic heterocycles. The van der Waals surface area contributed by atoms with Crippen LogP contribution in [0.4, 0.5) is 5.69 Å². The molecule has 0 bridgehead atoms. The molecule has 0 aromatic heterocycles. The number of anilines is 1. The molecule has 1 unspecified atom stereocenters. The van der Waals surface area contributed by atoms with E-state index in [9.17, 15) is 4.79 Å². The summed E-state index contributed by atoms with van der Waals surface area (Å²) in [5.41, 5.74) is 8.52. The van der Waals surface area contributed by atoms with Crippen LogP contribution in [-0.2, 0) is 16.0 Å². The van der Waals surface area contributed by atoms with Crippen molar-refractivity contribution in [2.45, 2.75) is 12.5 Å². The van der Waals surface area contributed by atoms with Gasteiger partial charge in [0.25, 0.3) is 0 Å². The van der Waals surface area contributed by atoms with Crippen LogP contribution in [0.15, 0.2) is 18.2 Å². The molecule has 15 heavy (non-hydrogen) atoms. The van der Waals surface area contributed by atoms with E-state index in [1.54, 1.807) is 7.11 Å². The Morgan fingerprint density at radius 2 is 2.40 bits per heavy atom. The average molecular weight is 206 g/mol. The molecule has 1 atom stereocenters. The lowest BCUT2D eigenvalue weighted by atomic mass is 10.0. The Bertz CT molecular complexity index is 386. The summed E-state index contributed by atoms with van der Waals surface area (Å²) < 4.78 is 5.24. The van der Waals surface area contributed by atoms with Crippen molar-refractivity contribution in [3.63, 3.8) is 0 Å². The van der Waals surface area contributed by atoms with Gasteiger partial charge < -0.3 is 15.8 Å². The van der Waals surface area contributed by atoms with Crippen LogP contribution in [0.2, 0.25) is 0 Å². The summed E-state index contributed by atoms with van der Waals surface area (Å²) in [6.45, 7) is 0.441. The van der Waals surface area contributed by atoms with E-state index < -0.39 is 0 Å². The Labute approximate surface area is 88.4 Å². The molecule has 1 aliphatic rings. The van der Waals surface area contributed by atoms with Crippen molar-refractivity contribution in [1.29, 1.82) is 0 Å². The molecule has 0 radical (unpaired) electrons. The fourth-order valence-corrected chi connectivity index (χ4v) is 1.82. The molecule has 0 saturated carbocycles. The van der Waals surface area contributed by atoms with Crippen LogP contribution in [0.1, 0.15) is 17.2 Å². The predicted octanol–water partition coefficient (Wildman–Crippen LogP) is 0.827. The Kier molecular flexibility index (Phi) is 2.70. The Morgan fingerprint density at radius 3 is 3.07 bits per heavy atom. The largest absolute Gasteiger partial charge is 0.375 e. The van der Waals surface area contributed by atoms with E-state index in [4.69, 9.17) is 10.5 Å². The molecule has 3 N–H and O–H groups in total. The number of hydrogen-bond donors (Lipinski definition) is 2. The number of ether oxygens (including phenoxy) is 1. The molecule has 80 valence electrons. The molecule has 1 heterocycles. The van der Waals surface area contributed by atoms with Crippen LogP contribution in [0.5, 0.6) is 0 Å². The van der Waals surface area contributed by atoms with Crippen molar-refractivity contribution < 1.29 is 9.53 Å². The van der Waals surface area contributed by atoms with Gasteiger partial charge in [0.2, 0.25) is 5.91 Å². The van der Waals surface area contributed by atoms with Gasteiger partial charge in [-0.15, -0.1) is 0 Å². The minimum Gasteiger partial charge on any atom is -0.375 e. The number of methoxy groups -OCH3 is 1. The molecule has 1 aromatic carbocycles. The van der Waals surface area contributed by atoms with Crippen LogP contribution in [0.25, 0.3) is 0 Å². The van der Waals surface area contributed by atoms with Gasteiger partial charge in [0.1, 0.15) is 0 Å². The molecule has 4 heteroatoms. The third kappa shape index (κ3) is 1.86. The SMILES string of the molecule is COC(CN)c1ccc2c(c1)CC(=O)N2. The van der Waals surface area contributed by atoms with E-state index >= 15 is 0 Å². The highest BCUT2D eigenvalue weighted by Crippen LogP contribution is 2.27. The maximum atomic E-state index is 11.2. The number of benzene rings is 1. The Hall–Kier alpha value is -1.39. The fourth-order valence-electron chi connectivity index (χ4n) is 1.82. The lowest BCUT2D eigenvalue weighted by Crippen LogP contribution is -2.14. The zero-order valence-electron chi connectivity index (χ0n) is 8.62. The highest BCUT2D eigenvalue weighted by Gasteiger charge is 2.19. The normalized spacial score (nSPS) is 16.0. The number of nitrogens with two attached hydrogens (primary N) is 1. The lowest BCUT2D eigenvalue weighted by molar-refractivity contribution is -0.115. The van der Waals surface area contributed by atoms with Crippen molar-refractivity contribution in [3.8, 4) is 0 Å². The number of rotatable bonds is 3. The number of nitrogens with one attached hydrogen (secondary N) is 1. The smallest absolute Gasteiger partial charge is 0.228 e. The first-order valence-corrected chi connectivity index (χ1v) is 4.90. The van der Waals surface area contributed by atoms with Gasteiger partial charge >= 0.3 is 0 Å². The van der Waals surface area contributed by atoms with Gasteiger partial charge in [0.05, 0.1) is 12.5 Å². The summed E-state index contributed by atoms with van der Waals surface area (Å²) in [6, 6.07) is 5.82. The highest BCUT2D eigenvalue weighted by atomic mass is 16.5. The van der Waals surface area contributed by atoms with Gasteiger partial charge in [-0.2, -0.15) is 0 Å². The van der Waals surface area contributed by atoms with Gasteiger partial charge in [-0.25, -0.2) is 0 Å². The number of carbonyl (C=O) groups is 1. The van der Waals surface area contributed by atoms with E-state index in [2.05, 4.69) is 5.32 Å². The fraction of sp³-hybridized carbons (Fsp3) is 0.364. The van der Waals surface area contributed by atoms with Gasteiger partial charge in [-0.1, -0.05) is 12.1 Å². The van der Waals surface area contributed by atoms with Crippen molar-refractivity contribution >= 4 is 11.6 Å². The first kappa shape index (κ1) is 10.1. The summed E-state index contributed by atoms with van der Waals surface area (Å²) in [5, 5.41) is 2.79. The van der Waals surface area contributed by atoms with E-state index in [1.807, 2.05) is 18.2 Å². The molecule has 4 nitrogen and oxygen atoms in total. The summed E-state index contributed by atoms with van der Waals surface area (Å²) in [5.74, 6) is 0.0452. The van der Waals surface area contributed by atoms with E-state index in [1.165, 1.54) is 0 Å². The third-order valence-electron chi connectivity index (χ3n) is 2.62. The summed E-state index contributed by atoms with van der Waals surface area (Å²) in [6.07, 6.45) is 0.357. The van der Waals surface area contributed by atoms with Crippen LogP contribution < -0.4 is 11.1 Å². The maximum Gasteiger partial charge on any atom is 0.228 e. The minimum absolute atomic E-state index is 0.0452. The Balaban J connectivity index is 2.30. The number of hydrogen-bond acceptors (Lipinski definition) is 3. The lowest BCUT2D eigenvalue weighted by Gasteiger charge is -2.14. The minimum atomic E-state index is -0.0917. The third-order valence-corrected chi connectivity index (χ3v) is 2.62. The average Bonchev–Trinajstić information content (AvgIpc) is 2.59. The van der Waals surface area contributed by atoms with Crippen LogP contribution >= 0.6 is 0 Å². The van der Waals surface area contributed by atoms with Crippen LogP contribution in [-0.4, -0.2) is 19.6 Å². The predicted molar refractivity (Wildman–Crippen MR) is 57.6 cm³/mol. The Morgan fingerprint density at radius 1 is 1.60 bits per heavy atom. The van der Waals surface area contributed by atoms with Crippen molar-refractivity contribution in [1.82, 2.24) is 0 Å². The van der Waals surface area contributed by atoms with Gasteiger partial charge in [-0.3, -0.25) is 4.79 Å². The number of carbonyl (C=O) groups excluding carboxylic acids is 1. The number of fused-ring (bicyclic) bond motifs is 1. The van der Waals surface area contributed by atoms with Gasteiger partial charge in [0.15, 0.2) is 0 Å². The number of amides is 1. The first-order chi connectivity index (χ1) is 7.24. The molecule has 1 amide bonds. The zero-order valence-corrected chi connectivity index (χ0v) is 8.62. The van der Waals surface area contributed by atoms with Crippen molar-refractivity contribution in [2.75, 3.05) is 19.0 Å². The first-order valence-electron chi connectivity index (χ1n) is 4.90. The van der Waals surface area contributed by atoms with Crippen molar-refractivity contribution in [2.24, 2.45) is 5.73 Å². The van der Waals surface area contributed by atoms with Gasteiger partial charge in [0, 0.05) is 19.3 Å². The quantitative estimate of drug-likeness (QED) is 0.769. The molecule has 1 aromatic rings. The molecular weight excluding hydrogens is 192 g/mol. The van der Waals surface area contributed by atoms with Crippen LogP contribution in [0, 0.1) is 0 Å². The van der Waals surface area contributed by atoms with E-state index in [-0.39, 0.29) is 12.0 Å². The second kappa shape index (κ2) is 4.00. The maximum absolute atomic E-state index is 11.2. The van der Waals surface area contributed by atoms with E-state index in [0.717, 1.165) is 16.8 Å². The highest BCUT2D eigenvalue weighted by molar-refractivity contribution is 5.99. The second-order valence-corrected chi connectivity index (χ2v) is 3.60. The second-order valence-electron chi connectivity index (χ2n) is 3.60. The molecule has 0 fully saturated rings. The topological polar surface area (TPSA) is 64.3 Å². The van der Waals surface area contributed by atoms with E-state index in [0.29, 0.717) is 13.0 Å². The molecular formula is C11H14N2O2. The monoisotopic (exact) mass is 206 g/mol. The molecule has 0 spiro atoms. The van der Waals surface area contributed by atoms with Gasteiger partial charge in [-0.05, 0) is 17.2 Å². The summed E-state index contributed by atoms with van der Waals surface area (Å²) in [4.78, 5) is 11.2. The zero-order chi connectivity index (χ0) is 10.8. The summed E-state index contributed by atoms with van der Waals surface area (Å²) in [7, 11) is 1.63. The summed E-state index contributed by atoms with van der Waals surface area (Å²) >= 11 is 0. The van der Waals surface area contributed by atoms with Crippen molar-refractivity contribution in [3.05, 3.63) is 29.3 Å². The molecule has 2 rings (SSSR count). The molecule has 0 aliphatic carbocycles.